The molecule has 1 N–H and O–H groups in total. The zero-order valence-corrected chi connectivity index (χ0v) is 13.7. The van der Waals surface area contributed by atoms with E-state index in [4.69, 9.17) is 0 Å². The molecule has 2 unspecified atom stereocenters. The van der Waals surface area contributed by atoms with Crippen LogP contribution in [0.1, 0.15) is 54.0 Å². The minimum absolute atomic E-state index is 0.245. The summed E-state index contributed by atoms with van der Waals surface area (Å²) >= 11 is 0. The Labute approximate surface area is 138 Å². The highest BCUT2D eigenvalue weighted by Crippen LogP contribution is 2.47. The van der Waals surface area contributed by atoms with Gasteiger partial charge in [-0.25, -0.2) is 0 Å². The van der Waals surface area contributed by atoms with E-state index >= 15 is 0 Å². The van der Waals surface area contributed by atoms with Gasteiger partial charge in [0.15, 0.2) is 0 Å². The van der Waals surface area contributed by atoms with Crippen molar-refractivity contribution in [1.29, 1.82) is 0 Å². The number of aliphatic hydroxyl groups excluding tert-OH is 1. The summed E-state index contributed by atoms with van der Waals surface area (Å²) in [5.41, 5.74) is 5.93. The molecule has 0 saturated heterocycles. The number of fused-ring (bicyclic) bond motifs is 2. The third kappa shape index (κ3) is 1.99. The van der Waals surface area contributed by atoms with Crippen molar-refractivity contribution in [2.24, 2.45) is 0 Å². The van der Waals surface area contributed by atoms with Gasteiger partial charge < -0.3 is 5.11 Å². The Morgan fingerprint density at radius 2 is 1.83 bits per heavy atom. The monoisotopic (exact) mass is 302 g/mol. The number of hydrogen-bond acceptors (Lipinski definition) is 1. The molecule has 0 aromatic heterocycles. The lowest BCUT2D eigenvalue weighted by atomic mass is 9.65. The fourth-order valence-corrected chi connectivity index (χ4v) is 4.17. The van der Waals surface area contributed by atoms with Gasteiger partial charge in [-0.3, -0.25) is 0 Å². The Morgan fingerprint density at radius 1 is 1.04 bits per heavy atom. The van der Waals surface area contributed by atoms with Crippen LogP contribution in [0.2, 0.25) is 0 Å². The van der Waals surface area contributed by atoms with Crippen LogP contribution in [0.3, 0.4) is 0 Å². The second kappa shape index (κ2) is 5.13. The molecule has 0 saturated carbocycles. The summed E-state index contributed by atoms with van der Waals surface area (Å²) < 4.78 is 0. The predicted molar refractivity (Wildman–Crippen MR) is 95.8 cm³/mol. The van der Waals surface area contributed by atoms with Crippen molar-refractivity contribution in [3.63, 3.8) is 0 Å². The first-order valence-electron chi connectivity index (χ1n) is 8.42. The molecule has 0 radical (unpaired) electrons. The third-order valence-electron chi connectivity index (χ3n) is 5.51. The topological polar surface area (TPSA) is 20.2 Å². The summed E-state index contributed by atoms with van der Waals surface area (Å²) in [5.74, 6) is 0.713. The summed E-state index contributed by atoms with van der Waals surface area (Å²) in [6, 6.07) is 15.0. The summed E-state index contributed by atoms with van der Waals surface area (Å²) in [6.07, 6.45) is 8.66. The van der Waals surface area contributed by atoms with E-state index in [9.17, 15) is 5.11 Å². The molecule has 1 nitrogen and oxygen atoms in total. The van der Waals surface area contributed by atoms with E-state index in [-0.39, 0.29) is 5.92 Å². The van der Waals surface area contributed by atoms with Crippen LogP contribution in [0.15, 0.2) is 60.4 Å². The first-order chi connectivity index (χ1) is 11.1. The van der Waals surface area contributed by atoms with Crippen LogP contribution < -0.4 is 0 Å². The van der Waals surface area contributed by atoms with E-state index in [0.717, 1.165) is 12.8 Å². The van der Waals surface area contributed by atoms with Crippen molar-refractivity contribution < 1.29 is 5.11 Å². The van der Waals surface area contributed by atoms with Crippen LogP contribution in [-0.2, 0) is 11.8 Å². The molecule has 0 heterocycles. The molecule has 0 spiro atoms. The second-order valence-corrected chi connectivity index (χ2v) is 6.87. The lowest BCUT2D eigenvalue weighted by Gasteiger charge is -2.38. The molecule has 116 valence electrons. The molecule has 2 aromatic rings. The molecule has 0 fully saturated rings. The lowest BCUT2D eigenvalue weighted by Crippen LogP contribution is -2.32. The molecule has 2 aliphatic carbocycles. The van der Waals surface area contributed by atoms with Crippen LogP contribution in [0, 0.1) is 0 Å². The van der Waals surface area contributed by atoms with Crippen LogP contribution in [-0.4, -0.2) is 5.11 Å². The van der Waals surface area contributed by atoms with E-state index in [1.54, 1.807) is 0 Å². The maximum Gasteiger partial charge on any atom is 0.104 e. The first kappa shape index (κ1) is 14.3. The average molecular weight is 302 g/mol. The Bertz CT molecular complexity index is 828. The summed E-state index contributed by atoms with van der Waals surface area (Å²) in [4.78, 5) is 0. The predicted octanol–water partition coefficient (Wildman–Crippen LogP) is 5.51. The van der Waals surface area contributed by atoms with Crippen LogP contribution in [0.5, 0.6) is 0 Å². The summed E-state index contributed by atoms with van der Waals surface area (Å²) in [6.45, 7) is 4.30. The van der Waals surface area contributed by atoms with Crippen molar-refractivity contribution in [3.05, 3.63) is 88.2 Å². The molecule has 4 rings (SSSR count). The molecule has 0 bridgehead atoms. The molecule has 2 aromatic carbocycles. The zero-order valence-electron chi connectivity index (χ0n) is 13.7. The number of benzene rings is 2. The molecule has 0 amide bonds. The normalized spacial score (nSPS) is 25.5. The van der Waals surface area contributed by atoms with Gasteiger partial charge in [0.2, 0.25) is 0 Å². The number of allylic oxidation sites excluding steroid dienone is 3. The minimum Gasteiger partial charge on any atom is -0.511 e. The third-order valence-corrected chi connectivity index (χ3v) is 5.51. The molecular formula is C22H22O. The summed E-state index contributed by atoms with van der Waals surface area (Å²) in [7, 11) is 0. The molecule has 0 aliphatic heterocycles. The fraction of sp³-hybridized carbons (Fsp3) is 0.273. The Kier molecular flexibility index (Phi) is 3.19. The number of rotatable bonds is 1. The van der Waals surface area contributed by atoms with Crippen molar-refractivity contribution >= 4 is 6.08 Å². The summed E-state index contributed by atoms with van der Waals surface area (Å²) in [5, 5.41) is 10.9. The van der Waals surface area contributed by atoms with Gasteiger partial charge in [0.1, 0.15) is 5.76 Å². The fourth-order valence-electron chi connectivity index (χ4n) is 4.17. The molecule has 23 heavy (non-hydrogen) atoms. The number of hydrogen-bond donors (Lipinski definition) is 1. The van der Waals surface area contributed by atoms with E-state index in [2.05, 4.69) is 68.5 Å². The first-order valence-corrected chi connectivity index (χ1v) is 8.42. The van der Waals surface area contributed by atoms with Gasteiger partial charge in [0.05, 0.1) is 5.41 Å². The quantitative estimate of drug-likeness (QED) is 0.736. The Morgan fingerprint density at radius 3 is 2.70 bits per heavy atom. The zero-order chi connectivity index (χ0) is 16.0. The molecular weight excluding hydrogens is 280 g/mol. The number of aliphatic hydroxyl groups is 1. The molecule has 2 atom stereocenters. The van der Waals surface area contributed by atoms with E-state index in [1.165, 1.54) is 27.8 Å². The van der Waals surface area contributed by atoms with Crippen molar-refractivity contribution in [2.45, 2.75) is 38.0 Å². The van der Waals surface area contributed by atoms with Gasteiger partial charge in [-0.15, -0.1) is 0 Å². The molecule has 2 aliphatic rings. The molecule has 1 heteroatoms. The van der Waals surface area contributed by atoms with Crippen LogP contribution in [0.25, 0.3) is 6.08 Å². The van der Waals surface area contributed by atoms with Crippen LogP contribution in [0.4, 0.5) is 0 Å². The van der Waals surface area contributed by atoms with Crippen molar-refractivity contribution in [2.75, 3.05) is 0 Å². The van der Waals surface area contributed by atoms with Gasteiger partial charge in [-0.05, 0) is 53.7 Å². The van der Waals surface area contributed by atoms with Gasteiger partial charge in [-0.1, -0.05) is 61.5 Å². The van der Waals surface area contributed by atoms with Gasteiger partial charge >= 0.3 is 0 Å². The number of aryl methyl sites for hydroxylation is 1. The highest BCUT2D eigenvalue weighted by molar-refractivity contribution is 5.66. The highest BCUT2D eigenvalue weighted by Gasteiger charge is 2.40. The minimum atomic E-state index is -0.476. The Balaban J connectivity index is 2.02. The maximum absolute atomic E-state index is 10.9. The smallest absolute Gasteiger partial charge is 0.104 e. The lowest BCUT2D eigenvalue weighted by molar-refractivity contribution is 0.323. The van der Waals surface area contributed by atoms with Crippen molar-refractivity contribution in [3.8, 4) is 0 Å². The van der Waals surface area contributed by atoms with E-state index in [1.807, 2.05) is 6.08 Å². The van der Waals surface area contributed by atoms with Gasteiger partial charge in [-0.2, -0.15) is 0 Å². The standard InChI is InChI=1S/C22H22O/c1-15-14-21(23)22(2,19-12-6-5-10-17(15)19)20-13-7-9-16-8-3-4-11-18(16)20/h4-7,9-15,23H,3,8H2,1-2H3. The second-order valence-electron chi connectivity index (χ2n) is 6.87. The van der Waals surface area contributed by atoms with E-state index in [0.29, 0.717) is 5.76 Å². The largest absolute Gasteiger partial charge is 0.511 e. The Hall–Kier alpha value is -2.28. The van der Waals surface area contributed by atoms with Gasteiger partial charge in [0, 0.05) is 5.92 Å². The van der Waals surface area contributed by atoms with Crippen LogP contribution >= 0.6 is 0 Å². The maximum atomic E-state index is 10.9. The van der Waals surface area contributed by atoms with Gasteiger partial charge in [0.25, 0.3) is 0 Å². The highest BCUT2D eigenvalue weighted by atomic mass is 16.3. The van der Waals surface area contributed by atoms with Crippen molar-refractivity contribution in [1.82, 2.24) is 0 Å². The SMILES string of the molecule is CC1C=C(O)C(C)(c2cccc3c2C=CCC3)c2ccccc21. The average Bonchev–Trinajstić information content (AvgIpc) is 2.59. The van der Waals surface area contributed by atoms with E-state index < -0.39 is 5.41 Å².